The molecule has 0 spiro atoms. The first kappa shape index (κ1) is 14.3. The van der Waals surface area contributed by atoms with Crippen LogP contribution in [0.15, 0.2) is 30.3 Å². The Morgan fingerprint density at radius 2 is 1.85 bits per heavy atom. The third-order valence-corrected chi connectivity index (χ3v) is 2.95. The van der Waals surface area contributed by atoms with E-state index in [1.807, 2.05) is 6.92 Å². The van der Waals surface area contributed by atoms with Gasteiger partial charge in [-0.25, -0.2) is 4.98 Å². The van der Waals surface area contributed by atoms with Crippen molar-refractivity contribution in [2.45, 2.75) is 19.9 Å². The van der Waals surface area contributed by atoms with Gasteiger partial charge in [-0.3, -0.25) is 0 Å². The van der Waals surface area contributed by atoms with Crippen molar-refractivity contribution < 1.29 is 4.74 Å². The molecule has 3 N–H and O–H groups in total. The maximum absolute atomic E-state index is 5.54. The molecule has 0 saturated heterocycles. The molecule has 20 heavy (non-hydrogen) atoms. The van der Waals surface area contributed by atoms with Crippen molar-refractivity contribution in [3.05, 3.63) is 47.3 Å². The summed E-state index contributed by atoms with van der Waals surface area (Å²) in [4.78, 5) is 8.48. The molecule has 2 rings (SSSR count). The van der Waals surface area contributed by atoms with Gasteiger partial charge >= 0.3 is 0 Å². The highest BCUT2D eigenvalue weighted by Gasteiger charge is 2.02. The highest BCUT2D eigenvalue weighted by Crippen LogP contribution is 2.14. The molecule has 0 amide bonds. The van der Waals surface area contributed by atoms with Crippen LogP contribution in [-0.4, -0.2) is 23.6 Å². The zero-order chi connectivity index (χ0) is 14.4. The molecule has 0 aliphatic rings. The third kappa shape index (κ3) is 3.93. The van der Waals surface area contributed by atoms with Crippen LogP contribution in [0.4, 0.5) is 5.82 Å². The standard InChI is InChI=1S/C15H20N4O/c1-11-18-14(9-15(19-11)20-2)17-10-13-5-3-12(4-6-13)7-8-16/h3-6,9H,7-8,10,16H2,1-2H3,(H,17,18,19). The number of rotatable bonds is 6. The quantitative estimate of drug-likeness (QED) is 0.840. The van der Waals surface area contributed by atoms with E-state index >= 15 is 0 Å². The Kier molecular flexibility index (Phi) is 4.90. The fourth-order valence-corrected chi connectivity index (χ4v) is 1.92. The normalized spacial score (nSPS) is 10.3. The predicted octanol–water partition coefficient (Wildman–Crippen LogP) is 1.91. The molecule has 1 heterocycles. The van der Waals surface area contributed by atoms with Gasteiger partial charge in [0.25, 0.3) is 0 Å². The molecule has 0 saturated carbocycles. The molecule has 106 valence electrons. The maximum atomic E-state index is 5.54. The Hall–Kier alpha value is -2.14. The summed E-state index contributed by atoms with van der Waals surface area (Å²) in [5.41, 5.74) is 7.99. The van der Waals surface area contributed by atoms with Crippen LogP contribution in [0, 0.1) is 6.92 Å². The second-order valence-electron chi connectivity index (χ2n) is 4.55. The Morgan fingerprint density at radius 1 is 1.15 bits per heavy atom. The van der Waals surface area contributed by atoms with E-state index in [4.69, 9.17) is 10.5 Å². The summed E-state index contributed by atoms with van der Waals surface area (Å²) >= 11 is 0. The van der Waals surface area contributed by atoms with Gasteiger partial charge in [-0.2, -0.15) is 4.98 Å². The molecule has 0 aliphatic carbocycles. The molecule has 0 aliphatic heterocycles. The monoisotopic (exact) mass is 272 g/mol. The van der Waals surface area contributed by atoms with E-state index in [0.717, 1.165) is 12.2 Å². The number of nitrogens with zero attached hydrogens (tertiary/aromatic N) is 2. The van der Waals surface area contributed by atoms with Crippen molar-refractivity contribution in [2.24, 2.45) is 5.73 Å². The summed E-state index contributed by atoms with van der Waals surface area (Å²) in [6.07, 6.45) is 0.913. The number of aryl methyl sites for hydroxylation is 1. The molecule has 2 aromatic rings. The molecule has 1 aromatic heterocycles. The maximum Gasteiger partial charge on any atom is 0.218 e. The number of hydrogen-bond donors (Lipinski definition) is 2. The van der Waals surface area contributed by atoms with Gasteiger partial charge in [-0.05, 0) is 31.0 Å². The molecule has 0 atom stereocenters. The van der Waals surface area contributed by atoms with Crippen molar-refractivity contribution in [2.75, 3.05) is 19.0 Å². The summed E-state index contributed by atoms with van der Waals surface area (Å²) in [7, 11) is 1.60. The second kappa shape index (κ2) is 6.86. The first-order chi connectivity index (χ1) is 9.71. The van der Waals surface area contributed by atoms with Gasteiger partial charge in [0, 0.05) is 12.6 Å². The van der Waals surface area contributed by atoms with Gasteiger partial charge < -0.3 is 15.8 Å². The van der Waals surface area contributed by atoms with Crippen LogP contribution in [0.5, 0.6) is 5.88 Å². The van der Waals surface area contributed by atoms with Gasteiger partial charge in [0.05, 0.1) is 7.11 Å². The number of methoxy groups -OCH3 is 1. The summed E-state index contributed by atoms with van der Waals surface area (Å²) in [5.74, 6) is 2.02. The van der Waals surface area contributed by atoms with Crippen LogP contribution >= 0.6 is 0 Å². The van der Waals surface area contributed by atoms with Crippen molar-refractivity contribution >= 4 is 5.82 Å². The van der Waals surface area contributed by atoms with Crippen molar-refractivity contribution in [3.63, 3.8) is 0 Å². The van der Waals surface area contributed by atoms with Gasteiger partial charge in [-0.1, -0.05) is 24.3 Å². The summed E-state index contributed by atoms with van der Waals surface area (Å²) < 4.78 is 5.13. The van der Waals surface area contributed by atoms with Crippen LogP contribution < -0.4 is 15.8 Å². The van der Waals surface area contributed by atoms with Crippen LogP contribution in [0.25, 0.3) is 0 Å². The van der Waals surface area contributed by atoms with E-state index in [-0.39, 0.29) is 0 Å². The van der Waals surface area contributed by atoms with Crippen LogP contribution in [0.2, 0.25) is 0 Å². The number of ether oxygens (including phenoxy) is 1. The first-order valence-electron chi connectivity index (χ1n) is 6.62. The van der Waals surface area contributed by atoms with E-state index in [1.54, 1.807) is 13.2 Å². The summed E-state index contributed by atoms with van der Waals surface area (Å²) in [5, 5.41) is 3.27. The highest BCUT2D eigenvalue weighted by molar-refractivity contribution is 5.39. The smallest absolute Gasteiger partial charge is 0.218 e. The van der Waals surface area contributed by atoms with Gasteiger partial charge in [-0.15, -0.1) is 0 Å². The zero-order valence-corrected chi connectivity index (χ0v) is 11.9. The summed E-state index contributed by atoms with van der Waals surface area (Å²) in [6, 6.07) is 10.2. The number of benzene rings is 1. The SMILES string of the molecule is COc1cc(NCc2ccc(CCN)cc2)nc(C)n1. The number of anilines is 1. The molecular weight excluding hydrogens is 252 g/mol. The predicted molar refractivity (Wildman–Crippen MR) is 79.8 cm³/mol. The first-order valence-corrected chi connectivity index (χ1v) is 6.62. The van der Waals surface area contributed by atoms with E-state index in [9.17, 15) is 0 Å². The van der Waals surface area contributed by atoms with Crippen molar-refractivity contribution in [1.82, 2.24) is 9.97 Å². The average Bonchev–Trinajstić information content (AvgIpc) is 2.46. The Labute approximate surface area is 119 Å². The molecule has 1 aromatic carbocycles. The number of aromatic nitrogens is 2. The highest BCUT2D eigenvalue weighted by atomic mass is 16.5. The summed E-state index contributed by atoms with van der Waals surface area (Å²) in [6.45, 7) is 3.23. The molecular formula is C15H20N4O. The number of nitrogens with one attached hydrogen (secondary N) is 1. The third-order valence-electron chi connectivity index (χ3n) is 2.95. The fraction of sp³-hybridized carbons (Fsp3) is 0.333. The number of nitrogens with two attached hydrogens (primary N) is 1. The minimum Gasteiger partial charge on any atom is -0.481 e. The Bertz CT molecular complexity index is 554. The van der Waals surface area contributed by atoms with Gasteiger partial charge in [0.15, 0.2) is 0 Å². The molecule has 0 bridgehead atoms. The van der Waals surface area contributed by atoms with E-state index in [0.29, 0.717) is 24.8 Å². The molecule has 5 nitrogen and oxygen atoms in total. The number of hydrogen-bond acceptors (Lipinski definition) is 5. The largest absolute Gasteiger partial charge is 0.481 e. The topological polar surface area (TPSA) is 73.1 Å². The van der Waals surface area contributed by atoms with Crippen LogP contribution in [-0.2, 0) is 13.0 Å². The fourth-order valence-electron chi connectivity index (χ4n) is 1.92. The van der Waals surface area contributed by atoms with Crippen molar-refractivity contribution in [3.8, 4) is 5.88 Å². The minimum absolute atomic E-state index is 0.568. The van der Waals surface area contributed by atoms with Crippen LogP contribution in [0.1, 0.15) is 17.0 Å². The lowest BCUT2D eigenvalue weighted by Gasteiger charge is -2.08. The van der Waals surface area contributed by atoms with Gasteiger partial charge in [0.1, 0.15) is 11.6 Å². The lowest BCUT2D eigenvalue weighted by Crippen LogP contribution is -2.05. The van der Waals surface area contributed by atoms with Crippen LogP contribution in [0.3, 0.4) is 0 Å². The van der Waals surface area contributed by atoms with E-state index in [2.05, 4.69) is 39.6 Å². The van der Waals surface area contributed by atoms with E-state index < -0.39 is 0 Å². The van der Waals surface area contributed by atoms with Crippen molar-refractivity contribution in [1.29, 1.82) is 0 Å². The average molecular weight is 272 g/mol. The molecule has 5 heteroatoms. The lowest BCUT2D eigenvalue weighted by atomic mass is 10.1. The Morgan fingerprint density at radius 3 is 2.50 bits per heavy atom. The minimum atomic E-state index is 0.568. The second-order valence-corrected chi connectivity index (χ2v) is 4.55. The molecule has 0 radical (unpaired) electrons. The molecule has 0 unspecified atom stereocenters. The van der Waals surface area contributed by atoms with Gasteiger partial charge in [0.2, 0.25) is 5.88 Å². The van der Waals surface area contributed by atoms with E-state index in [1.165, 1.54) is 11.1 Å². The molecule has 0 fully saturated rings. The zero-order valence-electron chi connectivity index (χ0n) is 11.9. The Balaban J connectivity index is 1.99. The lowest BCUT2D eigenvalue weighted by molar-refractivity contribution is 0.396.